The topological polar surface area (TPSA) is 76.4 Å². The van der Waals surface area contributed by atoms with Crippen LogP contribution in [0.1, 0.15) is 6.42 Å². The minimum atomic E-state index is -0.694. The Morgan fingerprint density at radius 1 is 1.56 bits per heavy atom. The predicted octanol–water partition coefficient (Wildman–Crippen LogP) is -1.21. The summed E-state index contributed by atoms with van der Waals surface area (Å²) in [7, 11) is 3.91. The highest BCUT2D eigenvalue weighted by molar-refractivity contribution is 6.35. The molecule has 1 saturated heterocycles. The van der Waals surface area contributed by atoms with E-state index in [4.69, 9.17) is 5.26 Å². The number of hydrogen-bond donors (Lipinski definition) is 1. The molecule has 1 N–H and O–H groups in total. The molecule has 0 saturated carbocycles. The van der Waals surface area contributed by atoms with Gasteiger partial charge in [-0.25, -0.2) is 0 Å². The van der Waals surface area contributed by atoms with Gasteiger partial charge in [0, 0.05) is 19.1 Å². The number of nitriles is 1. The summed E-state index contributed by atoms with van der Waals surface area (Å²) in [5, 5.41) is 10.5. The molecule has 0 aliphatic carbocycles. The van der Waals surface area contributed by atoms with Gasteiger partial charge in [0.25, 0.3) is 0 Å². The first-order valence-electron chi connectivity index (χ1n) is 5.16. The van der Waals surface area contributed by atoms with Crippen LogP contribution in [-0.2, 0) is 9.59 Å². The van der Waals surface area contributed by atoms with Crippen LogP contribution in [0.4, 0.5) is 0 Å². The summed E-state index contributed by atoms with van der Waals surface area (Å²) in [6, 6.07) is 2.07. The third-order valence-corrected chi connectivity index (χ3v) is 2.70. The van der Waals surface area contributed by atoms with Crippen LogP contribution in [0.2, 0.25) is 0 Å². The molecule has 0 aromatic carbocycles. The molecule has 0 bridgehead atoms. The standard InChI is InChI=1S/C10H16N4O2/c1-13(2)8-3-6-14(7-8)10(16)9(15)12-5-4-11/h8H,3,5-7H2,1-2H3,(H,12,15). The maximum absolute atomic E-state index is 11.6. The van der Waals surface area contributed by atoms with Crippen LogP contribution in [0, 0.1) is 11.3 Å². The van der Waals surface area contributed by atoms with E-state index in [0.29, 0.717) is 19.1 Å². The zero-order chi connectivity index (χ0) is 12.1. The average Bonchev–Trinajstić information content (AvgIpc) is 2.74. The van der Waals surface area contributed by atoms with Crippen LogP contribution < -0.4 is 5.32 Å². The highest BCUT2D eigenvalue weighted by Gasteiger charge is 2.30. The average molecular weight is 224 g/mol. The molecule has 1 aliphatic heterocycles. The number of likely N-dealkylation sites (tertiary alicyclic amines) is 1. The van der Waals surface area contributed by atoms with Crippen LogP contribution in [0.15, 0.2) is 0 Å². The Kier molecular flexibility index (Phi) is 4.26. The SMILES string of the molecule is CN(C)C1CCN(C(=O)C(=O)NCC#N)C1. The highest BCUT2D eigenvalue weighted by atomic mass is 16.2. The number of nitrogens with one attached hydrogen (secondary N) is 1. The molecular weight excluding hydrogens is 208 g/mol. The lowest BCUT2D eigenvalue weighted by molar-refractivity contribution is -0.145. The number of carbonyl (C=O) groups is 2. The van der Waals surface area contributed by atoms with Gasteiger partial charge in [0.1, 0.15) is 6.54 Å². The molecule has 1 heterocycles. The number of nitrogens with zero attached hydrogens (tertiary/aromatic N) is 3. The van der Waals surface area contributed by atoms with Crippen LogP contribution in [-0.4, -0.2) is 61.4 Å². The first kappa shape index (κ1) is 12.5. The van der Waals surface area contributed by atoms with E-state index in [1.165, 1.54) is 4.90 Å². The lowest BCUT2D eigenvalue weighted by Crippen LogP contribution is -2.43. The van der Waals surface area contributed by atoms with Gasteiger partial charge in [-0.05, 0) is 20.5 Å². The molecule has 0 aromatic heterocycles. The summed E-state index contributed by atoms with van der Waals surface area (Å²) in [5.41, 5.74) is 0. The smallest absolute Gasteiger partial charge is 0.311 e. The number of amides is 2. The Labute approximate surface area is 94.8 Å². The van der Waals surface area contributed by atoms with E-state index in [1.807, 2.05) is 19.0 Å². The first-order valence-corrected chi connectivity index (χ1v) is 5.16. The third-order valence-electron chi connectivity index (χ3n) is 2.70. The lowest BCUT2D eigenvalue weighted by atomic mass is 10.2. The van der Waals surface area contributed by atoms with Crippen molar-refractivity contribution in [2.45, 2.75) is 12.5 Å². The Bertz CT molecular complexity index is 321. The van der Waals surface area contributed by atoms with Crippen LogP contribution in [0.25, 0.3) is 0 Å². The summed E-state index contributed by atoms with van der Waals surface area (Å²) in [6.07, 6.45) is 0.879. The van der Waals surface area contributed by atoms with Crippen molar-refractivity contribution in [2.75, 3.05) is 33.7 Å². The van der Waals surface area contributed by atoms with Gasteiger partial charge in [-0.2, -0.15) is 5.26 Å². The molecule has 2 amide bonds. The second-order valence-corrected chi connectivity index (χ2v) is 4.00. The Hall–Kier alpha value is -1.61. The zero-order valence-electron chi connectivity index (χ0n) is 9.56. The van der Waals surface area contributed by atoms with Gasteiger partial charge in [-0.1, -0.05) is 0 Å². The Balaban J connectivity index is 2.45. The molecule has 6 heteroatoms. The van der Waals surface area contributed by atoms with Crippen molar-refractivity contribution in [1.29, 1.82) is 5.26 Å². The van der Waals surface area contributed by atoms with E-state index in [0.717, 1.165) is 6.42 Å². The fraction of sp³-hybridized carbons (Fsp3) is 0.700. The Morgan fingerprint density at radius 2 is 2.25 bits per heavy atom. The quantitative estimate of drug-likeness (QED) is 0.471. The molecule has 0 aromatic rings. The fourth-order valence-electron chi connectivity index (χ4n) is 1.69. The second-order valence-electron chi connectivity index (χ2n) is 4.00. The molecule has 1 atom stereocenters. The molecular formula is C10H16N4O2. The molecule has 1 aliphatic rings. The van der Waals surface area contributed by atoms with Crippen molar-refractivity contribution in [2.24, 2.45) is 0 Å². The molecule has 0 radical (unpaired) electrons. The monoisotopic (exact) mass is 224 g/mol. The predicted molar refractivity (Wildman–Crippen MR) is 57.3 cm³/mol. The molecule has 1 unspecified atom stereocenters. The zero-order valence-corrected chi connectivity index (χ0v) is 9.56. The van der Waals surface area contributed by atoms with Crippen molar-refractivity contribution in [3.8, 4) is 6.07 Å². The van der Waals surface area contributed by atoms with Crippen molar-refractivity contribution in [3.63, 3.8) is 0 Å². The number of likely N-dealkylation sites (N-methyl/N-ethyl adjacent to an activating group) is 1. The van der Waals surface area contributed by atoms with Crippen LogP contribution >= 0.6 is 0 Å². The van der Waals surface area contributed by atoms with Crippen LogP contribution in [0.5, 0.6) is 0 Å². The summed E-state index contributed by atoms with van der Waals surface area (Å²) >= 11 is 0. The van der Waals surface area contributed by atoms with Gasteiger partial charge in [-0.15, -0.1) is 0 Å². The number of carbonyl (C=O) groups excluding carboxylic acids is 2. The van der Waals surface area contributed by atoms with E-state index in [9.17, 15) is 9.59 Å². The molecule has 1 rings (SSSR count). The normalized spacial score (nSPS) is 19.6. The number of rotatable bonds is 2. The maximum Gasteiger partial charge on any atom is 0.311 e. The molecule has 1 fully saturated rings. The summed E-state index contributed by atoms with van der Waals surface area (Å²) in [6.45, 7) is 1.04. The van der Waals surface area contributed by atoms with E-state index in [1.54, 1.807) is 6.07 Å². The minimum Gasteiger partial charge on any atom is -0.335 e. The Morgan fingerprint density at radius 3 is 2.75 bits per heavy atom. The molecule has 88 valence electrons. The van der Waals surface area contributed by atoms with Crippen molar-refractivity contribution in [1.82, 2.24) is 15.1 Å². The van der Waals surface area contributed by atoms with Crippen molar-refractivity contribution >= 4 is 11.8 Å². The van der Waals surface area contributed by atoms with E-state index in [2.05, 4.69) is 5.32 Å². The second kappa shape index (κ2) is 5.47. The van der Waals surface area contributed by atoms with Gasteiger partial charge in [0.05, 0.1) is 6.07 Å². The summed E-state index contributed by atoms with van der Waals surface area (Å²) in [4.78, 5) is 26.5. The van der Waals surface area contributed by atoms with Crippen LogP contribution in [0.3, 0.4) is 0 Å². The molecule has 0 spiro atoms. The van der Waals surface area contributed by atoms with Crippen molar-refractivity contribution in [3.05, 3.63) is 0 Å². The third kappa shape index (κ3) is 2.94. The van der Waals surface area contributed by atoms with E-state index < -0.39 is 11.8 Å². The largest absolute Gasteiger partial charge is 0.335 e. The maximum atomic E-state index is 11.6. The molecule has 6 nitrogen and oxygen atoms in total. The van der Waals surface area contributed by atoms with Gasteiger partial charge >= 0.3 is 11.8 Å². The van der Waals surface area contributed by atoms with Crippen molar-refractivity contribution < 1.29 is 9.59 Å². The number of hydrogen-bond acceptors (Lipinski definition) is 4. The fourth-order valence-corrected chi connectivity index (χ4v) is 1.69. The van der Waals surface area contributed by atoms with Gasteiger partial charge in [0.15, 0.2) is 0 Å². The van der Waals surface area contributed by atoms with Gasteiger partial charge < -0.3 is 15.1 Å². The van der Waals surface area contributed by atoms with Gasteiger partial charge in [-0.3, -0.25) is 9.59 Å². The van der Waals surface area contributed by atoms with E-state index in [-0.39, 0.29) is 6.54 Å². The lowest BCUT2D eigenvalue weighted by Gasteiger charge is -2.19. The van der Waals surface area contributed by atoms with Gasteiger partial charge in [0.2, 0.25) is 0 Å². The summed E-state index contributed by atoms with van der Waals surface area (Å²) < 4.78 is 0. The highest BCUT2D eigenvalue weighted by Crippen LogP contribution is 2.12. The molecule has 16 heavy (non-hydrogen) atoms. The first-order chi connectivity index (χ1) is 7.56. The minimum absolute atomic E-state index is 0.129. The van der Waals surface area contributed by atoms with E-state index >= 15 is 0 Å². The summed E-state index contributed by atoms with van der Waals surface area (Å²) in [5.74, 6) is -1.24.